The van der Waals surface area contributed by atoms with Crippen molar-refractivity contribution in [3.8, 4) is 0 Å². The van der Waals surface area contributed by atoms with E-state index in [1.165, 1.54) is 18.4 Å². The standard InChI is InChI=1S/C13H15ClN4S/c14-10-3-1-2-9(6-10)8-19-13-17-16-12(7-15)18(13)11-4-5-11/h1-3,6,11H,4-5,7-8,15H2. The van der Waals surface area contributed by atoms with Crippen molar-refractivity contribution in [1.82, 2.24) is 14.8 Å². The fourth-order valence-corrected chi connectivity index (χ4v) is 3.20. The molecule has 100 valence electrons. The molecule has 0 bridgehead atoms. The van der Waals surface area contributed by atoms with Crippen molar-refractivity contribution >= 4 is 23.4 Å². The summed E-state index contributed by atoms with van der Waals surface area (Å²) in [6, 6.07) is 8.45. The summed E-state index contributed by atoms with van der Waals surface area (Å²) >= 11 is 7.67. The van der Waals surface area contributed by atoms with Crippen molar-refractivity contribution in [2.24, 2.45) is 5.73 Å². The van der Waals surface area contributed by atoms with Gasteiger partial charge in [0.1, 0.15) is 5.82 Å². The van der Waals surface area contributed by atoms with Gasteiger partial charge in [0.25, 0.3) is 0 Å². The van der Waals surface area contributed by atoms with E-state index in [9.17, 15) is 0 Å². The molecule has 1 fully saturated rings. The zero-order valence-corrected chi connectivity index (χ0v) is 12.0. The summed E-state index contributed by atoms with van der Waals surface area (Å²) in [4.78, 5) is 0. The van der Waals surface area contributed by atoms with Gasteiger partial charge in [-0.25, -0.2) is 0 Å². The Hall–Kier alpha value is -1.04. The second kappa shape index (κ2) is 5.53. The number of halogens is 1. The molecule has 1 aliphatic rings. The minimum Gasteiger partial charge on any atom is -0.324 e. The third kappa shape index (κ3) is 2.94. The Balaban J connectivity index is 1.75. The number of rotatable bonds is 5. The van der Waals surface area contributed by atoms with Gasteiger partial charge in [0, 0.05) is 16.8 Å². The molecule has 1 aliphatic carbocycles. The fraction of sp³-hybridized carbons (Fsp3) is 0.385. The normalized spacial score (nSPS) is 14.8. The summed E-state index contributed by atoms with van der Waals surface area (Å²) in [6.07, 6.45) is 2.41. The van der Waals surface area contributed by atoms with E-state index >= 15 is 0 Å². The summed E-state index contributed by atoms with van der Waals surface area (Å²) in [5, 5.41) is 10.1. The highest BCUT2D eigenvalue weighted by molar-refractivity contribution is 7.98. The van der Waals surface area contributed by atoms with Gasteiger partial charge in [0.15, 0.2) is 5.16 Å². The molecule has 0 aliphatic heterocycles. The first-order valence-corrected chi connectivity index (χ1v) is 7.65. The van der Waals surface area contributed by atoms with Crippen LogP contribution in [0.2, 0.25) is 5.02 Å². The topological polar surface area (TPSA) is 56.7 Å². The molecule has 3 rings (SSSR count). The second-order valence-corrected chi connectivity index (χ2v) is 6.00. The monoisotopic (exact) mass is 294 g/mol. The third-order valence-corrected chi connectivity index (χ3v) is 4.34. The Kier molecular flexibility index (Phi) is 3.77. The van der Waals surface area contributed by atoms with E-state index < -0.39 is 0 Å². The van der Waals surface area contributed by atoms with E-state index in [-0.39, 0.29) is 0 Å². The molecule has 1 saturated carbocycles. The van der Waals surface area contributed by atoms with Crippen LogP contribution >= 0.6 is 23.4 Å². The molecule has 4 nitrogen and oxygen atoms in total. The van der Waals surface area contributed by atoms with Crippen molar-refractivity contribution in [1.29, 1.82) is 0 Å². The van der Waals surface area contributed by atoms with Gasteiger partial charge in [-0.3, -0.25) is 0 Å². The van der Waals surface area contributed by atoms with Gasteiger partial charge in [-0.05, 0) is 30.5 Å². The quantitative estimate of drug-likeness (QED) is 0.861. The maximum atomic E-state index is 5.99. The van der Waals surface area contributed by atoms with Crippen molar-refractivity contribution in [3.05, 3.63) is 40.7 Å². The van der Waals surface area contributed by atoms with Gasteiger partial charge in [-0.15, -0.1) is 10.2 Å². The lowest BCUT2D eigenvalue weighted by molar-refractivity contribution is 0.626. The van der Waals surface area contributed by atoms with E-state index in [1.807, 2.05) is 18.2 Å². The van der Waals surface area contributed by atoms with Crippen LogP contribution in [0.15, 0.2) is 29.4 Å². The van der Waals surface area contributed by atoms with Crippen LogP contribution in [-0.4, -0.2) is 14.8 Å². The van der Waals surface area contributed by atoms with E-state index in [1.54, 1.807) is 11.8 Å². The minimum atomic E-state index is 0.446. The molecule has 1 aromatic carbocycles. The first-order valence-electron chi connectivity index (χ1n) is 6.29. The first kappa shape index (κ1) is 13.0. The summed E-state index contributed by atoms with van der Waals surface area (Å²) in [5.41, 5.74) is 6.90. The number of hydrogen-bond donors (Lipinski definition) is 1. The summed E-state index contributed by atoms with van der Waals surface area (Å²) < 4.78 is 2.19. The number of thioether (sulfide) groups is 1. The molecule has 19 heavy (non-hydrogen) atoms. The van der Waals surface area contributed by atoms with Gasteiger partial charge in [0.05, 0.1) is 6.54 Å². The Morgan fingerprint density at radius 1 is 1.37 bits per heavy atom. The lowest BCUT2D eigenvalue weighted by Gasteiger charge is -2.07. The SMILES string of the molecule is NCc1nnc(SCc2cccc(Cl)c2)n1C1CC1. The highest BCUT2D eigenvalue weighted by Crippen LogP contribution is 2.39. The highest BCUT2D eigenvalue weighted by atomic mass is 35.5. The van der Waals surface area contributed by atoms with E-state index in [0.29, 0.717) is 12.6 Å². The molecule has 2 N–H and O–H groups in total. The highest BCUT2D eigenvalue weighted by Gasteiger charge is 2.29. The average Bonchev–Trinajstić information content (AvgIpc) is 3.17. The molecule has 1 aromatic heterocycles. The van der Waals surface area contributed by atoms with Crippen molar-refractivity contribution < 1.29 is 0 Å². The molecule has 0 radical (unpaired) electrons. The van der Waals surface area contributed by atoms with Crippen LogP contribution in [-0.2, 0) is 12.3 Å². The zero-order chi connectivity index (χ0) is 13.2. The van der Waals surface area contributed by atoms with Gasteiger partial charge < -0.3 is 10.3 Å². The average molecular weight is 295 g/mol. The largest absolute Gasteiger partial charge is 0.324 e. The Bertz CT molecular complexity index is 580. The predicted molar refractivity (Wildman–Crippen MR) is 77.2 cm³/mol. The van der Waals surface area contributed by atoms with Crippen LogP contribution in [0.4, 0.5) is 0 Å². The van der Waals surface area contributed by atoms with Gasteiger partial charge in [-0.2, -0.15) is 0 Å². The minimum absolute atomic E-state index is 0.446. The Morgan fingerprint density at radius 2 is 2.21 bits per heavy atom. The second-order valence-electron chi connectivity index (χ2n) is 4.62. The number of benzene rings is 1. The molecule has 0 atom stereocenters. The number of nitrogens with zero attached hydrogens (tertiary/aromatic N) is 3. The van der Waals surface area contributed by atoms with Crippen molar-refractivity contribution in [3.63, 3.8) is 0 Å². The van der Waals surface area contributed by atoms with Crippen molar-refractivity contribution in [2.45, 2.75) is 36.3 Å². The van der Waals surface area contributed by atoms with Crippen LogP contribution in [0.1, 0.15) is 30.3 Å². The predicted octanol–water partition coefficient (Wildman–Crippen LogP) is 3.02. The third-order valence-electron chi connectivity index (χ3n) is 3.09. The smallest absolute Gasteiger partial charge is 0.191 e. The summed E-state index contributed by atoms with van der Waals surface area (Å²) in [5.74, 6) is 1.73. The van der Waals surface area contributed by atoms with E-state index in [4.69, 9.17) is 17.3 Å². The van der Waals surface area contributed by atoms with Gasteiger partial charge in [0.2, 0.25) is 0 Å². The van der Waals surface area contributed by atoms with E-state index in [0.717, 1.165) is 21.8 Å². The molecular formula is C13H15ClN4S. The lowest BCUT2D eigenvalue weighted by atomic mass is 10.2. The number of hydrogen-bond acceptors (Lipinski definition) is 4. The molecule has 0 unspecified atom stereocenters. The lowest BCUT2D eigenvalue weighted by Crippen LogP contribution is -2.08. The molecule has 0 amide bonds. The number of nitrogens with two attached hydrogens (primary N) is 1. The Labute approximate surface area is 121 Å². The molecule has 0 spiro atoms. The van der Waals surface area contributed by atoms with E-state index in [2.05, 4.69) is 20.8 Å². The summed E-state index contributed by atoms with van der Waals surface area (Å²) in [6.45, 7) is 0.446. The summed E-state index contributed by atoms with van der Waals surface area (Å²) in [7, 11) is 0. The van der Waals surface area contributed by atoms with Crippen molar-refractivity contribution in [2.75, 3.05) is 0 Å². The van der Waals surface area contributed by atoms with Gasteiger partial charge in [-0.1, -0.05) is 35.5 Å². The molecule has 6 heteroatoms. The molecular weight excluding hydrogens is 280 g/mol. The number of aromatic nitrogens is 3. The van der Waals surface area contributed by atoms with Crippen LogP contribution in [0.3, 0.4) is 0 Å². The van der Waals surface area contributed by atoms with Crippen LogP contribution < -0.4 is 5.73 Å². The molecule has 0 saturated heterocycles. The maximum Gasteiger partial charge on any atom is 0.191 e. The van der Waals surface area contributed by atoms with Crippen LogP contribution in [0, 0.1) is 0 Å². The fourth-order valence-electron chi connectivity index (χ4n) is 2.02. The molecule has 2 aromatic rings. The molecule has 1 heterocycles. The maximum absolute atomic E-state index is 5.99. The van der Waals surface area contributed by atoms with Crippen LogP contribution in [0.5, 0.6) is 0 Å². The van der Waals surface area contributed by atoms with Gasteiger partial charge >= 0.3 is 0 Å². The zero-order valence-electron chi connectivity index (χ0n) is 10.4. The Morgan fingerprint density at radius 3 is 2.89 bits per heavy atom. The van der Waals surface area contributed by atoms with Crippen LogP contribution in [0.25, 0.3) is 0 Å². The first-order chi connectivity index (χ1) is 9.28.